The van der Waals surface area contributed by atoms with Crippen molar-refractivity contribution in [2.24, 2.45) is 0 Å². The Hall–Kier alpha value is -0.570. The van der Waals surface area contributed by atoms with Gasteiger partial charge in [-0.3, -0.25) is 0 Å². The van der Waals surface area contributed by atoms with Gasteiger partial charge in [0.1, 0.15) is 0 Å². The molecule has 0 radical (unpaired) electrons. The van der Waals surface area contributed by atoms with Crippen LogP contribution < -0.4 is 5.32 Å². The van der Waals surface area contributed by atoms with Gasteiger partial charge in [-0.15, -0.1) is 0 Å². The van der Waals surface area contributed by atoms with E-state index in [1.54, 1.807) is 7.11 Å². The van der Waals surface area contributed by atoms with Crippen molar-refractivity contribution in [1.82, 2.24) is 5.32 Å². The van der Waals surface area contributed by atoms with Crippen molar-refractivity contribution in [3.8, 4) is 0 Å². The number of rotatable bonds is 6. The Bertz CT molecular complexity index is 342. The number of methoxy groups -OCH3 is 1. The largest absolute Gasteiger partial charge is 0.376 e. The molecular formula is C14H22ClNO. The van der Waals surface area contributed by atoms with E-state index in [4.69, 9.17) is 16.3 Å². The zero-order valence-corrected chi connectivity index (χ0v) is 11.8. The van der Waals surface area contributed by atoms with E-state index in [0.717, 1.165) is 17.9 Å². The van der Waals surface area contributed by atoms with Crippen LogP contribution in [0.1, 0.15) is 38.3 Å². The third kappa shape index (κ3) is 3.01. The molecule has 3 heteroatoms. The Morgan fingerprint density at radius 1 is 1.35 bits per heavy atom. The fourth-order valence-corrected chi connectivity index (χ4v) is 2.68. The Labute approximate surface area is 109 Å². The van der Waals surface area contributed by atoms with Crippen LogP contribution in [0.5, 0.6) is 0 Å². The summed E-state index contributed by atoms with van der Waals surface area (Å²) >= 11 is 6.06. The summed E-state index contributed by atoms with van der Waals surface area (Å²) in [6, 6.07) is 8.12. The first-order chi connectivity index (χ1) is 8.13. The number of ether oxygens (including phenoxy) is 1. The molecule has 0 heterocycles. The summed E-state index contributed by atoms with van der Waals surface area (Å²) < 4.78 is 5.78. The van der Waals surface area contributed by atoms with E-state index >= 15 is 0 Å². The molecule has 2 nitrogen and oxygen atoms in total. The third-order valence-corrected chi connectivity index (χ3v) is 3.84. The number of likely N-dealkylation sites (N-methyl/N-ethyl adjacent to an activating group) is 1. The summed E-state index contributed by atoms with van der Waals surface area (Å²) in [6.07, 6.45) is 1.91. The lowest BCUT2D eigenvalue weighted by Crippen LogP contribution is -2.43. The van der Waals surface area contributed by atoms with Crippen LogP contribution in [0.3, 0.4) is 0 Å². The van der Waals surface area contributed by atoms with E-state index in [0.29, 0.717) is 0 Å². The number of benzene rings is 1. The minimum atomic E-state index is -0.181. The van der Waals surface area contributed by atoms with Gasteiger partial charge in [0.05, 0.1) is 11.6 Å². The molecule has 0 fully saturated rings. The summed E-state index contributed by atoms with van der Waals surface area (Å²) in [5.41, 5.74) is 0.991. The van der Waals surface area contributed by atoms with E-state index in [9.17, 15) is 0 Å². The van der Waals surface area contributed by atoms with Crippen molar-refractivity contribution < 1.29 is 4.74 Å². The second kappa shape index (κ2) is 6.39. The molecule has 0 amide bonds. The first kappa shape index (κ1) is 14.5. The van der Waals surface area contributed by atoms with Crippen LogP contribution in [0, 0.1) is 0 Å². The van der Waals surface area contributed by atoms with Crippen LogP contribution in [0.25, 0.3) is 0 Å². The highest BCUT2D eigenvalue weighted by Gasteiger charge is 2.35. The number of nitrogens with one attached hydrogen (secondary N) is 1. The summed E-state index contributed by atoms with van der Waals surface area (Å²) in [6.45, 7) is 4.31. The Morgan fingerprint density at radius 2 is 2.00 bits per heavy atom. The molecule has 96 valence electrons. The SMILES string of the molecule is CCC(CC)(OC)C(NC)c1cccc(Cl)c1. The average Bonchev–Trinajstić information content (AvgIpc) is 2.36. The molecule has 1 rings (SSSR count). The molecule has 0 aliphatic carbocycles. The van der Waals surface area contributed by atoms with Crippen molar-refractivity contribution in [2.45, 2.75) is 38.3 Å². The molecule has 0 saturated carbocycles. The third-order valence-electron chi connectivity index (χ3n) is 3.60. The maximum absolute atomic E-state index is 6.06. The maximum atomic E-state index is 6.06. The topological polar surface area (TPSA) is 21.3 Å². The van der Waals surface area contributed by atoms with Gasteiger partial charge >= 0.3 is 0 Å². The van der Waals surface area contributed by atoms with Crippen molar-refractivity contribution >= 4 is 11.6 Å². The monoisotopic (exact) mass is 255 g/mol. The lowest BCUT2D eigenvalue weighted by atomic mass is 9.84. The van der Waals surface area contributed by atoms with Crippen LogP contribution in [0.2, 0.25) is 5.02 Å². The quantitative estimate of drug-likeness (QED) is 0.835. The zero-order valence-electron chi connectivity index (χ0n) is 11.1. The summed E-state index contributed by atoms with van der Waals surface area (Å²) in [5.74, 6) is 0. The first-order valence-corrected chi connectivity index (χ1v) is 6.49. The van der Waals surface area contributed by atoms with Gasteiger partial charge in [0, 0.05) is 12.1 Å². The standard InChI is InChI=1S/C14H22ClNO/c1-5-14(6-2,17-4)13(16-3)11-8-7-9-12(15)10-11/h7-10,13,16H,5-6H2,1-4H3. The van der Waals surface area contributed by atoms with Crippen molar-refractivity contribution in [3.05, 3.63) is 34.9 Å². The highest BCUT2D eigenvalue weighted by atomic mass is 35.5. The van der Waals surface area contributed by atoms with Crippen LogP contribution in [-0.4, -0.2) is 19.8 Å². The molecule has 0 spiro atoms. The number of hydrogen-bond acceptors (Lipinski definition) is 2. The molecule has 0 aromatic heterocycles. The summed E-state index contributed by atoms with van der Waals surface area (Å²) in [7, 11) is 3.74. The average molecular weight is 256 g/mol. The summed E-state index contributed by atoms with van der Waals surface area (Å²) in [5, 5.41) is 4.12. The van der Waals surface area contributed by atoms with E-state index in [-0.39, 0.29) is 11.6 Å². The van der Waals surface area contributed by atoms with E-state index in [1.165, 1.54) is 5.56 Å². The molecule has 1 atom stereocenters. The van der Waals surface area contributed by atoms with Crippen LogP contribution in [0.15, 0.2) is 24.3 Å². The second-order valence-electron chi connectivity index (χ2n) is 4.25. The highest BCUT2D eigenvalue weighted by molar-refractivity contribution is 6.30. The fourth-order valence-electron chi connectivity index (χ4n) is 2.48. The van der Waals surface area contributed by atoms with Gasteiger partial charge < -0.3 is 10.1 Å². The van der Waals surface area contributed by atoms with Crippen LogP contribution >= 0.6 is 11.6 Å². The van der Waals surface area contributed by atoms with Gasteiger partial charge in [0.2, 0.25) is 0 Å². The molecule has 0 aliphatic rings. The van der Waals surface area contributed by atoms with E-state index < -0.39 is 0 Å². The van der Waals surface area contributed by atoms with Gasteiger partial charge in [-0.1, -0.05) is 37.6 Å². The van der Waals surface area contributed by atoms with Gasteiger partial charge in [-0.2, -0.15) is 0 Å². The second-order valence-corrected chi connectivity index (χ2v) is 4.69. The van der Waals surface area contributed by atoms with Gasteiger partial charge in [0.25, 0.3) is 0 Å². The van der Waals surface area contributed by atoms with Crippen molar-refractivity contribution in [1.29, 1.82) is 0 Å². The van der Waals surface area contributed by atoms with Crippen LogP contribution in [0.4, 0.5) is 0 Å². The van der Waals surface area contributed by atoms with Gasteiger partial charge in [-0.05, 0) is 37.6 Å². The minimum Gasteiger partial charge on any atom is -0.376 e. The van der Waals surface area contributed by atoms with E-state index in [2.05, 4.69) is 25.2 Å². The molecule has 0 bridgehead atoms. The molecule has 0 aliphatic heterocycles. The summed E-state index contributed by atoms with van der Waals surface area (Å²) in [4.78, 5) is 0. The molecule has 0 saturated heterocycles. The van der Waals surface area contributed by atoms with Crippen molar-refractivity contribution in [2.75, 3.05) is 14.2 Å². The first-order valence-electron chi connectivity index (χ1n) is 6.11. The zero-order chi connectivity index (χ0) is 12.9. The highest BCUT2D eigenvalue weighted by Crippen LogP contribution is 2.35. The minimum absolute atomic E-state index is 0.154. The Kier molecular flexibility index (Phi) is 5.44. The lowest BCUT2D eigenvalue weighted by Gasteiger charge is -2.38. The lowest BCUT2D eigenvalue weighted by molar-refractivity contribution is -0.0467. The molecule has 17 heavy (non-hydrogen) atoms. The number of halogens is 1. The van der Waals surface area contributed by atoms with Gasteiger partial charge in [-0.25, -0.2) is 0 Å². The maximum Gasteiger partial charge on any atom is 0.0867 e. The Balaban J connectivity index is 3.13. The molecule has 1 unspecified atom stereocenters. The molecule has 1 N–H and O–H groups in total. The van der Waals surface area contributed by atoms with Crippen molar-refractivity contribution in [3.63, 3.8) is 0 Å². The fraction of sp³-hybridized carbons (Fsp3) is 0.571. The smallest absolute Gasteiger partial charge is 0.0867 e. The predicted octanol–water partition coefficient (Wildman–Crippen LogP) is 3.81. The molecule has 1 aromatic carbocycles. The van der Waals surface area contributed by atoms with E-state index in [1.807, 2.05) is 25.2 Å². The molecule has 1 aromatic rings. The number of hydrogen-bond donors (Lipinski definition) is 1. The Morgan fingerprint density at radius 3 is 2.41 bits per heavy atom. The van der Waals surface area contributed by atoms with Crippen LogP contribution in [-0.2, 0) is 4.74 Å². The predicted molar refractivity (Wildman–Crippen MR) is 73.6 cm³/mol. The molecular weight excluding hydrogens is 234 g/mol. The normalized spacial score (nSPS) is 13.7. The van der Waals surface area contributed by atoms with Gasteiger partial charge in [0.15, 0.2) is 0 Å².